The summed E-state index contributed by atoms with van der Waals surface area (Å²) in [7, 11) is 0. The monoisotopic (exact) mass is 527 g/mol. The van der Waals surface area contributed by atoms with E-state index in [0.29, 0.717) is 62.5 Å². The Morgan fingerprint density at radius 2 is 1.63 bits per heavy atom. The Bertz CT molecular complexity index is 1310. The number of amides is 2. The van der Waals surface area contributed by atoms with Gasteiger partial charge in [0.25, 0.3) is 0 Å². The number of carbonyl (C=O) groups is 1. The number of nitrogens with zero attached hydrogens (tertiary/aromatic N) is 5. The summed E-state index contributed by atoms with van der Waals surface area (Å²) in [4.78, 5) is 21.4. The van der Waals surface area contributed by atoms with Crippen molar-refractivity contribution < 1.29 is 26.9 Å². The zero-order chi connectivity index (χ0) is 26.9. The van der Waals surface area contributed by atoms with Crippen molar-refractivity contribution in [3.8, 4) is 17.5 Å². The van der Waals surface area contributed by atoms with Gasteiger partial charge in [0.15, 0.2) is 0 Å². The Kier molecular flexibility index (Phi) is 7.06. The van der Waals surface area contributed by atoms with Crippen LogP contribution in [0.3, 0.4) is 0 Å². The van der Waals surface area contributed by atoms with Crippen LogP contribution in [0.25, 0.3) is 11.4 Å². The second-order valence-corrected chi connectivity index (χ2v) is 9.79. The van der Waals surface area contributed by atoms with Crippen molar-refractivity contribution in [2.45, 2.75) is 37.3 Å². The van der Waals surface area contributed by atoms with Crippen LogP contribution in [0.5, 0.6) is 0 Å². The molecule has 7 nitrogen and oxygen atoms in total. The largest absolute Gasteiger partial charge is 0.416 e. The molecule has 2 atom stereocenters. The molecular weight excluding hydrogens is 502 g/mol. The smallest absolute Gasteiger partial charge is 0.339 e. The van der Waals surface area contributed by atoms with E-state index in [-0.39, 0.29) is 29.6 Å². The molecule has 198 valence electrons. The zero-order valence-electron chi connectivity index (χ0n) is 20.4. The number of alkyl halides is 3. The molecule has 2 saturated heterocycles. The Hall–Kier alpha value is -3.94. The Morgan fingerprint density at radius 1 is 0.974 bits per heavy atom. The lowest BCUT2D eigenvalue weighted by molar-refractivity contribution is -0.137. The van der Waals surface area contributed by atoms with Crippen LogP contribution >= 0.6 is 0 Å². The lowest BCUT2D eigenvalue weighted by atomic mass is 9.84. The van der Waals surface area contributed by atoms with Gasteiger partial charge in [0.2, 0.25) is 11.7 Å². The molecule has 3 heterocycles. The first-order valence-electron chi connectivity index (χ1n) is 12.4. The number of piperidine rings is 2. The lowest BCUT2D eigenvalue weighted by Crippen LogP contribution is -2.51. The Balaban J connectivity index is 1.40. The lowest BCUT2D eigenvalue weighted by Gasteiger charge is -2.40. The summed E-state index contributed by atoms with van der Waals surface area (Å²) >= 11 is 0. The van der Waals surface area contributed by atoms with Crippen molar-refractivity contribution in [3.05, 3.63) is 71.4 Å². The molecule has 2 fully saturated rings. The molecule has 0 N–H and O–H groups in total. The van der Waals surface area contributed by atoms with Gasteiger partial charge in [-0.15, -0.1) is 0 Å². The minimum Gasteiger partial charge on any atom is -0.339 e. The Labute approximate surface area is 216 Å². The van der Waals surface area contributed by atoms with Gasteiger partial charge >= 0.3 is 12.2 Å². The molecule has 38 heavy (non-hydrogen) atoms. The summed E-state index contributed by atoms with van der Waals surface area (Å²) in [6.45, 7) is 1.58. The van der Waals surface area contributed by atoms with Crippen LogP contribution in [0.2, 0.25) is 0 Å². The first-order valence-corrected chi connectivity index (χ1v) is 12.4. The molecule has 2 aliphatic heterocycles. The average Bonchev–Trinajstić information content (AvgIpc) is 3.43. The van der Waals surface area contributed by atoms with Crippen LogP contribution in [0.4, 0.5) is 22.4 Å². The highest BCUT2D eigenvalue weighted by atomic mass is 19.4. The summed E-state index contributed by atoms with van der Waals surface area (Å²) in [5.41, 5.74) is 0.523. The van der Waals surface area contributed by atoms with Crippen molar-refractivity contribution in [1.82, 2.24) is 19.9 Å². The first kappa shape index (κ1) is 25.7. The summed E-state index contributed by atoms with van der Waals surface area (Å²) in [5.74, 6) is -0.473. The summed E-state index contributed by atoms with van der Waals surface area (Å²) < 4.78 is 58.2. The van der Waals surface area contributed by atoms with Crippen molar-refractivity contribution in [1.29, 1.82) is 5.26 Å². The molecule has 2 unspecified atom stereocenters. The van der Waals surface area contributed by atoms with Gasteiger partial charge < -0.3 is 14.3 Å². The third-order valence-corrected chi connectivity index (χ3v) is 7.27. The molecule has 11 heteroatoms. The predicted molar refractivity (Wildman–Crippen MR) is 128 cm³/mol. The number of hydrogen-bond donors (Lipinski definition) is 0. The third-order valence-electron chi connectivity index (χ3n) is 7.27. The molecule has 0 aliphatic carbocycles. The maximum absolute atomic E-state index is 13.5. The van der Waals surface area contributed by atoms with Crippen LogP contribution in [-0.4, -0.2) is 52.2 Å². The molecule has 0 radical (unpaired) electrons. The van der Waals surface area contributed by atoms with Gasteiger partial charge in [-0.2, -0.15) is 23.4 Å². The second kappa shape index (κ2) is 10.4. The number of halogens is 4. The standard InChI is InChI=1S/C27H25F4N5O2/c28-23-7-3-19(4-8-23)24-33-25(38-34-24)21-13-20(18-1-5-22(6-2-18)27(29,30)31)15-36(16-21)26(37)35-11-9-17(14-32)10-12-35/h1-8,17,20-21H,9-13,15-16H2. The fourth-order valence-corrected chi connectivity index (χ4v) is 5.14. The molecule has 0 saturated carbocycles. The van der Waals surface area contributed by atoms with Crippen LogP contribution < -0.4 is 0 Å². The van der Waals surface area contributed by atoms with E-state index in [1.807, 2.05) is 0 Å². The molecule has 1 aromatic heterocycles. The Morgan fingerprint density at radius 3 is 2.26 bits per heavy atom. The van der Waals surface area contributed by atoms with Gasteiger partial charge in [-0.05, 0) is 61.2 Å². The van der Waals surface area contributed by atoms with E-state index in [9.17, 15) is 27.6 Å². The van der Waals surface area contributed by atoms with Gasteiger partial charge in [0.05, 0.1) is 17.6 Å². The minimum absolute atomic E-state index is 0.0728. The highest BCUT2D eigenvalue weighted by molar-refractivity contribution is 5.75. The van der Waals surface area contributed by atoms with Crippen molar-refractivity contribution in [3.63, 3.8) is 0 Å². The number of urea groups is 1. The fraction of sp³-hybridized carbons (Fsp3) is 0.407. The van der Waals surface area contributed by atoms with Gasteiger partial charge in [-0.1, -0.05) is 17.3 Å². The number of likely N-dealkylation sites (tertiary alicyclic amines) is 2. The van der Waals surface area contributed by atoms with Crippen LogP contribution in [0, 0.1) is 23.1 Å². The van der Waals surface area contributed by atoms with Crippen LogP contribution in [0.15, 0.2) is 53.1 Å². The molecule has 2 aliphatic rings. The highest BCUT2D eigenvalue weighted by Crippen LogP contribution is 2.38. The minimum atomic E-state index is -4.44. The first-order chi connectivity index (χ1) is 18.2. The highest BCUT2D eigenvalue weighted by Gasteiger charge is 2.37. The van der Waals surface area contributed by atoms with E-state index in [1.165, 1.54) is 36.4 Å². The average molecular weight is 528 g/mol. The van der Waals surface area contributed by atoms with Gasteiger partial charge in [0.1, 0.15) is 5.82 Å². The summed E-state index contributed by atoms with van der Waals surface area (Å²) in [6.07, 6.45) is -2.73. The fourth-order valence-electron chi connectivity index (χ4n) is 5.14. The number of hydrogen-bond acceptors (Lipinski definition) is 5. The maximum Gasteiger partial charge on any atom is 0.416 e. The molecule has 3 aromatic rings. The molecule has 0 spiro atoms. The number of rotatable bonds is 3. The van der Waals surface area contributed by atoms with Crippen LogP contribution in [-0.2, 0) is 6.18 Å². The second-order valence-electron chi connectivity index (χ2n) is 9.79. The van der Waals surface area contributed by atoms with Gasteiger partial charge in [-0.3, -0.25) is 0 Å². The third kappa shape index (κ3) is 5.49. The van der Waals surface area contributed by atoms with E-state index >= 15 is 0 Å². The number of carbonyl (C=O) groups excluding carboxylic acids is 1. The molecule has 2 amide bonds. The molecule has 5 rings (SSSR count). The molecule has 0 bridgehead atoms. The van der Waals surface area contributed by atoms with E-state index in [2.05, 4.69) is 16.2 Å². The normalized spacial score (nSPS) is 20.8. The molecule has 2 aromatic carbocycles. The predicted octanol–water partition coefficient (Wildman–Crippen LogP) is 5.82. The number of aromatic nitrogens is 2. The SMILES string of the molecule is N#CC1CCN(C(=O)N2CC(c3ccc(C(F)(F)F)cc3)CC(c3nc(-c4ccc(F)cc4)no3)C2)CC1. The number of benzene rings is 2. The van der Waals surface area contributed by atoms with Gasteiger partial charge in [0, 0.05) is 43.6 Å². The topological polar surface area (TPSA) is 86.3 Å². The quantitative estimate of drug-likeness (QED) is 0.401. The summed E-state index contributed by atoms with van der Waals surface area (Å²) in [5, 5.41) is 13.2. The van der Waals surface area contributed by atoms with Crippen LogP contribution in [0.1, 0.15) is 48.1 Å². The van der Waals surface area contributed by atoms with Crippen molar-refractivity contribution in [2.24, 2.45) is 5.92 Å². The van der Waals surface area contributed by atoms with Gasteiger partial charge in [-0.25, -0.2) is 9.18 Å². The molecular formula is C27H25F4N5O2. The zero-order valence-corrected chi connectivity index (χ0v) is 20.4. The van der Waals surface area contributed by atoms with Crippen molar-refractivity contribution in [2.75, 3.05) is 26.2 Å². The number of nitriles is 1. The van der Waals surface area contributed by atoms with E-state index < -0.39 is 17.6 Å². The van der Waals surface area contributed by atoms with E-state index in [0.717, 1.165) is 12.1 Å². The van der Waals surface area contributed by atoms with E-state index in [1.54, 1.807) is 9.80 Å². The van der Waals surface area contributed by atoms with Crippen molar-refractivity contribution >= 4 is 6.03 Å². The van der Waals surface area contributed by atoms with E-state index in [4.69, 9.17) is 4.52 Å². The summed E-state index contributed by atoms with van der Waals surface area (Å²) in [6, 6.07) is 12.8. The maximum atomic E-state index is 13.5.